The summed E-state index contributed by atoms with van der Waals surface area (Å²) in [6, 6.07) is 14.1. The molecule has 0 aliphatic carbocycles. The van der Waals surface area contributed by atoms with Gasteiger partial charge in [-0.15, -0.1) is 0 Å². The highest BCUT2D eigenvalue weighted by Crippen LogP contribution is 2.33. The van der Waals surface area contributed by atoms with Crippen LogP contribution in [-0.4, -0.2) is 90.4 Å². The molecule has 2 heterocycles. The van der Waals surface area contributed by atoms with Crippen molar-refractivity contribution in [1.82, 2.24) is 26.2 Å². The largest absolute Gasteiger partial charge is 0.399 e. The number of hydrogen-bond acceptors (Lipinski definition) is 9. The van der Waals surface area contributed by atoms with Crippen LogP contribution in [-0.2, 0) is 19.2 Å². The fourth-order valence-electron chi connectivity index (χ4n) is 5.65. The second-order valence-corrected chi connectivity index (χ2v) is 13.3. The van der Waals surface area contributed by atoms with Crippen molar-refractivity contribution >= 4 is 64.2 Å². The minimum Gasteiger partial charge on any atom is -0.399 e. The van der Waals surface area contributed by atoms with Gasteiger partial charge in [0.25, 0.3) is 0 Å². The lowest BCUT2D eigenvalue weighted by molar-refractivity contribution is -0.123. The molecule has 2 aliphatic heterocycles. The fraction of sp³-hybridized carbons (Fsp3) is 0.485. The summed E-state index contributed by atoms with van der Waals surface area (Å²) in [7, 11) is 0. The molecule has 260 valence electrons. The molecule has 0 spiro atoms. The van der Waals surface area contributed by atoms with E-state index in [-0.39, 0.29) is 67.6 Å². The normalized spacial score (nSPS) is 18.0. The topological polar surface area (TPSA) is 213 Å². The van der Waals surface area contributed by atoms with Crippen molar-refractivity contribution in [3.05, 3.63) is 48.5 Å². The Balaban J connectivity index is 1.12. The summed E-state index contributed by atoms with van der Waals surface area (Å²) in [5, 5.41) is 17.6. The minimum absolute atomic E-state index is 0.0882. The number of nitrogens with two attached hydrogens (primary N) is 2. The number of unbranched alkanes of at least 4 members (excludes halogenated alkanes) is 1. The maximum Gasteiger partial charge on any atom is 0.315 e. The van der Waals surface area contributed by atoms with Gasteiger partial charge in [0.1, 0.15) is 0 Å². The van der Waals surface area contributed by atoms with Crippen LogP contribution in [0.2, 0.25) is 0 Å². The van der Waals surface area contributed by atoms with Gasteiger partial charge in [-0.1, -0.05) is 18.6 Å². The first-order chi connectivity index (χ1) is 23.1. The van der Waals surface area contributed by atoms with Crippen LogP contribution in [0.4, 0.5) is 27.5 Å². The van der Waals surface area contributed by atoms with Crippen molar-refractivity contribution < 1.29 is 24.0 Å². The SMILES string of the molecule is Nc1cccc(NC(=O)CCN(CCNC(=O)CCNC(=O)CCCCC2SC[C@H]3NC(=O)N[C@@H]23)CCC(=O)Nc2cccc(N)c2)c1. The van der Waals surface area contributed by atoms with Crippen LogP contribution in [0.1, 0.15) is 44.9 Å². The molecule has 4 rings (SSSR count). The Morgan fingerprint density at radius 3 is 1.98 bits per heavy atom. The molecule has 2 fully saturated rings. The van der Waals surface area contributed by atoms with Gasteiger partial charge >= 0.3 is 6.03 Å². The minimum atomic E-state index is -0.200. The van der Waals surface area contributed by atoms with Gasteiger partial charge < -0.3 is 48.3 Å². The average molecular weight is 682 g/mol. The summed E-state index contributed by atoms with van der Waals surface area (Å²) in [6.07, 6.45) is 3.49. The van der Waals surface area contributed by atoms with Crippen molar-refractivity contribution in [2.45, 2.75) is 62.3 Å². The van der Waals surface area contributed by atoms with Crippen LogP contribution >= 0.6 is 11.8 Å². The first-order valence-corrected chi connectivity index (χ1v) is 17.4. The number of benzene rings is 2. The van der Waals surface area contributed by atoms with Crippen LogP contribution < -0.4 is 43.4 Å². The van der Waals surface area contributed by atoms with Gasteiger partial charge in [0.2, 0.25) is 23.6 Å². The van der Waals surface area contributed by atoms with E-state index in [1.54, 1.807) is 48.5 Å². The number of thioether (sulfide) groups is 1. The molecule has 10 N–H and O–H groups in total. The van der Waals surface area contributed by atoms with E-state index in [0.29, 0.717) is 60.6 Å². The highest BCUT2D eigenvalue weighted by molar-refractivity contribution is 8.00. The van der Waals surface area contributed by atoms with E-state index in [9.17, 15) is 24.0 Å². The third-order valence-corrected chi connectivity index (χ3v) is 9.66. The smallest absolute Gasteiger partial charge is 0.315 e. The van der Waals surface area contributed by atoms with E-state index in [0.717, 1.165) is 25.0 Å². The zero-order chi connectivity index (χ0) is 34.3. The Morgan fingerprint density at radius 2 is 1.35 bits per heavy atom. The zero-order valence-corrected chi connectivity index (χ0v) is 27.9. The molecule has 2 aliphatic rings. The van der Waals surface area contributed by atoms with Crippen LogP contribution in [0, 0.1) is 0 Å². The van der Waals surface area contributed by atoms with Crippen LogP contribution in [0.25, 0.3) is 0 Å². The first-order valence-electron chi connectivity index (χ1n) is 16.4. The maximum absolute atomic E-state index is 12.6. The van der Waals surface area contributed by atoms with Gasteiger partial charge in [-0.2, -0.15) is 11.8 Å². The van der Waals surface area contributed by atoms with Gasteiger partial charge in [0, 0.05) is 92.2 Å². The molecule has 2 saturated heterocycles. The molecule has 0 aromatic heterocycles. The van der Waals surface area contributed by atoms with Crippen LogP contribution in [0.15, 0.2) is 48.5 Å². The lowest BCUT2D eigenvalue weighted by Crippen LogP contribution is -2.38. The molecule has 3 atom stereocenters. The van der Waals surface area contributed by atoms with Crippen LogP contribution in [0.5, 0.6) is 0 Å². The Kier molecular flexibility index (Phi) is 14.2. The van der Waals surface area contributed by atoms with Gasteiger partial charge in [-0.3, -0.25) is 19.2 Å². The Morgan fingerprint density at radius 1 is 0.750 bits per heavy atom. The first kappa shape index (κ1) is 36.3. The molecule has 2 aromatic rings. The summed E-state index contributed by atoms with van der Waals surface area (Å²) < 4.78 is 0. The third-order valence-electron chi connectivity index (χ3n) is 8.16. The molecule has 2 aromatic carbocycles. The van der Waals surface area contributed by atoms with Gasteiger partial charge in [0.05, 0.1) is 12.1 Å². The lowest BCUT2D eigenvalue weighted by atomic mass is 10.0. The summed E-state index contributed by atoms with van der Waals surface area (Å²) in [5.74, 6) is 0.239. The molecule has 1 unspecified atom stereocenters. The van der Waals surface area contributed by atoms with Crippen molar-refractivity contribution in [3.63, 3.8) is 0 Å². The quantitative estimate of drug-likeness (QED) is 0.0617. The predicted octanol–water partition coefficient (Wildman–Crippen LogP) is 1.86. The lowest BCUT2D eigenvalue weighted by Gasteiger charge is -2.22. The number of nitrogens with one attached hydrogen (secondary N) is 6. The third kappa shape index (κ3) is 12.6. The molecular formula is C33H47N9O5S. The number of hydrogen-bond donors (Lipinski definition) is 8. The summed E-state index contributed by atoms with van der Waals surface area (Å²) in [5.41, 5.74) is 13.9. The van der Waals surface area contributed by atoms with E-state index in [1.807, 2.05) is 16.7 Å². The predicted molar refractivity (Wildman–Crippen MR) is 189 cm³/mol. The van der Waals surface area contributed by atoms with Gasteiger partial charge in [-0.05, 0) is 49.2 Å². The molecule has 0 radical (unpaired) electrons. The number of nitrogens with zero attached hydrogens (tertiary/aromatic N) is 1. The molecule has 48 heavy (non-hydrogen) atoms. The zero-order valence-electron chi connectivity index (χ0n) is 27.1. The average Bonchev–Trinajstić information content (AvgIpc) is 3.59. The Hall–Kier alpha value is -4.50. The second kappa shape index (κ2) is 18.7. The van der Waals surface area contributed by atoms with E-state index < -0.39 is 0 Å². The number of carbonyl (C=O) groups is 5. The number of anilines is 4. The number of nitrogen functional groups attached to an aromatic ring is 2. The number of urea groups is 1. The van der Waals surface area contributed by atoms with Crippen molar-refractivity contribution in [3.8, 4) is 0 Å². The van der Waals surface area contributed by atoms with Crippen molar-refractivity contribution in [1.29, 1.82) is 0 Å². The number of amides is 6. The van der Waals surface area contributed by atoms with E-state index in [4.69, 9.17) is 11.5 Å². The number of fused-ring (bicyclic) bond motifs is 1. The van der Waals surface area contributed by atoms with E-state index in [1.165, 1.54) is 0 Å². The van der Waals surface area contributed by atoms with Gasteiger partial charge in [0.15, 0.2) is 0 Å². The standard InChI is InChI=1S/C33H47N9O5S/c34-22-5-3-7-24(19-22)38-30(45)12-16-42(17-13-31(46)39-25-8-4-6-23(35)20-25)18-15-37-29(44)11-14-36-28(43)10-2-1-9-27-32-26(21-48-27)40-33(47)41-32/h3-8,19-20,26-27,32H,1-2,9-18,21,34-35H2,(H,36,43)(H,37,44)(H,38,45)(H,39,46)(H2,40,41,47)/t26-,27?,32-/m1/s1. The Bertz CT molecular complexity index is 1360. The molecule has 14 nitrogen and oxygen atoms in total. The monoisotopic (exact) mass is 681 g/mol. The van der Waals surface area contributed by atoms with E-state index >= 15 is 0 Å². The maximum atomic E-state index is 12.6. The molecule has 15 heteroatoms. The van der Waals surface area contributed by atoms with Gasteiger partial charge in [-0.25, -0.2) is 4.79 Å². The Labute approximate surface area is 285 Å². The molecule has 0 bridgehead atoms. The number of carbonyl (C=O) groups excluding carboxylic acids is 5. The second-order valence-electron chi connectivity index (χ2n) is 12.0. The van der Waals surface area contributed by atoms with Crippen molar-refractivity contribution in [2.24, 2.45) is 0 Å². The fourth-order valence-corrected chi connectivity index (χ4v) is 7.20. The molecule has 0 saturated carbocycles. The van der Waals surface area contributed by atoms with E-state index in [2.05, 4.69) is 31.9 Å². The summed E-state index contributed by atoms with van der Waals surface area (Å²) in [6.45, 7) is 1.73. The summed E-state index contributed by atoms with van der Waals surface area (Å²) in [4.78, 5) is 63.4. The van der Waals surface area contributed by atoms with Crippen LogP contribution in [0.3, 0.4) is 0 Å². The molecular weight excluding hydrogens is 634 g/mol. The molecule has 6 amide bonds. The highest BCUT2D eigenvalue weighted by Gasteiger charge is 2.42. The summed E-state index contributed by atoms with van der Waals surface area (Å²) >= 11 is 1.86. The van der Waals surface area contributed by atoms with Crippen molar-refractivity contribution in [2.75, 3.05) is 60.6 Å². The highest BCUT2D eigenvalue weighted by atomic mass is 32.2. The number of rotatable bonds is 19.